The maximum absolute atomic E-state index is 13.1. The van der Waals surface area contributed by atoms with Crippen LogP contribution in [-0.4, -0.2) is 39.3 Å². The summed E-state index contributed by atoms with van der Waals surface area (Å²) in [5.74, 6) is -1.08. The minimum atomic E-state index is -4.72. The molecular weight excluding hydrogens is 556 g/mol. The molecule has 39 heavy (non-hydrogen) atoms. The van der Waals surface area contributed by atoms with E-state index in [0.717, 1.165) is 12.4 Å². The minimum Gasteiger partial charge on any atom is -0.382 e. The molecule has 0 saturated carbocycles. The summed E-state index contributed by atoms with van der Waals surface area (Å²) in [4.78, 5) is 28.8. The van der Waals surface area contributed by atoms with Crippen LogP contribution in [0.25, 0.3) is 16.6 Å². The van der Waals surface area contributed by atoms with E-state index in [1.807, 2.05) is 0 Å². The quantitative estimate of drug-likeness (QED) is 0.232. The van der Waals surface area contributed by atoms with Crippen molar-refractivity contribution in [3.8, 4) is 11.1 Å². The fourth-order valence-electron chi connectivity index (χ4n) is 3.61. The van der Waals surface area contributed by atoms with Gasteiger partial charge in [0.1, 0.15) is 18.4 Å². The van der Waals surface area contributed by atoms with Gasteiger partial charge in [-0.25, -0.2) is 14.3 Å². The molecule has 0 saturated heterocycles. The van der Waals surface area contributed by atoms with Crippen molar-refractivity contribution >= 4 is 46.2 Å². The third kappa shape index (κ3) is 6.31. The topological polar surface area (TPSA) is 126 Å². The Labute approximate surface area is 220 Å². The monoisotopic (exact) mass is 571 g/mol. The van der Waals surface area contributed by atoms with Gasteiger partial charge in [0.25, 0.3) is 5.91 Å². The third-order valence-electron chi connectivity index (χ3n) is 5.26. The number of hydrogen-bond acceptors (Lipinski definition) is 5. The summed E-state index contributed by atoms with van der Waals surface area (Å²) in [5.41, 5.74) is 5.34. The number of rotatable bonds is 5. The Kier molecular flexibility index (Phi) is 7.28. The van der Waals surface area contributed by atoms with Crippen molar-refractivity contribution in [2.45, 2.75) is 12.4 Å². The number of nitrogens with zero attached hydrogens (tertiary/aromatic N) is 3. The molecule has 0 aliphatic heterocycles. The average Bonchev–Trinajstić information content (AvgIpc) is 3.24. The van der Waals surface area contributed by atoms with E-state index in [1.165, 1.54) is 41.0 Å². The van der Waals surface area contributed by atoms with Crippen molar-refractivity contribution in [3.63, 3.8) is 0 Å². The predicted octanol–water partition coefficient (Wildman–Crippen LogP) is 5.59. The molecule has 9 nitrogen and oxygen atoms in total. The first-order valence-electron chi connectivity index (χ1n) is 10.7. The van der Waals surface area contributed by atoms with Gasteiger partial charge in [0.15, 0.2) is 5.82 Å². The van der Waals surface area contributed by atoms with Crippen LogP contribution in [0.4, 0.5) is 48.3 Å². The second-order valence-electron chi connectivity index (χ2n) is 8.00. The van der Waals surface area contributed by atoms with Crippen molar-refractivity contribution in [2.24, 2.45) is 0 Å². The molecule has 0 aliphatic carbocycles. The van der Waals surface area contributed by atoms with Crippen molar-refractivity contribution in [1.29, 1.82) is 0 Å². The highest BCUT2D eigenvalue weighted by Gasteiger charge is 2.33. The lowest BCUT2D eigenvalue weighted by atomic mass is 10.0. The highest BCUT2D eigenvalue weighted by Crippen LogP contribution is 2.36. The zero-order valence-electron chi connectivity index (χ0n) is 19.3. The van der Waals surface area contributed by atoms with Gasteiger partial charge in [0, 0.05) is 23.1 Å². The summed E-state index contributed by atoms with van der Waals surface area (Å²) >= 11 is 5.58. The number of alkyl halides is 6. The Bertz CT molecular complexity index is 1550. The molecule has 16 heteroatoms. The number of aromatic nitrogens is 3. The van der Waals surface area contributed by atoms with E-state index in [2.05, 4.69) is 20.7 Å². The van der Waals surface area contributed by atoms with Crippen molar-refractivity contribution in [1.82, 2.24) is 19.9 Å². The number of urea groups is 1. The first kappa shape index (κ1) is 27.5. The molecule has 4 aromatic rings. The Morgan fingerprint density at radius 2 is 1.62 bits per heavy atom. The van der Waals surface area contributed by atoms with Gasteiger partial charge in [-0.1, -0.05) is 23.7 Å². The summed E-state index contributed by atoms with van der Waals surface area (Å²) in [6.45, 7) is -1.56. The normalized spacial score (nSPS) is 11.9. The number of hydrogen-bond donors (Lipinski definition) is 4. The zero-order valence-corrected chi connectivity index (χ0v) is 20.0. The second-order valence-corrected chi connectivity index (χ2v) is 8.41. The van der Waals surface area contributed by atoms with E-state index >= 15 is 0 Å². The minimum absolute atomic E-state index is 0.0439. The van der Waals surface area contributed by atoms with Crippen LogP contribution >= 0.6 is 11.6 Å². The molecular formula is C23H16ClF6N7O2. The Morgan fingerprint density at radius 3 is 2.26 bits per heavy atom. The number of amides is 3. The lowest BCUT2D eigenvalue weighted by molar-refractivity contribution is -0.137. The van der Waals surface area contributed by atoms with Crippen molar-refractivity contribution in [3.05, 3.63) is 71.1 Å². The van der Waals surface area contributed by atoms with E-state index in [-0.39, 0.29) is 33.8 Å². The van der Waals surface area contributed by atoms with Gasteiger partial charge >= 0.3 is 18.4 Å². The van der Waals surface area contributed by atoms with E-state index in [0.29, 0.717) is 11.6 Å². The molecule has 0 bridgehead atoms. The standard InChI is InChI=1S/C23H16ClF6N7O2/c24-16-6-5-13(7-15(16)23(28,29)30)36-21(39)35-12-3-1-11(2-4-12)17-14(20(38)32-9-22(25,26)27)8-37-18(17)19(31)33-10-34-37/h1-8,10H,9H2,(H,32,38)(H2,31,33,34)(H2,35,36,39). The Hall–Kier alpha value is -4.53. The van der Waals surface area contributed by atoms with Gasteiger partial charge in [-0.3, -0.25) is 4.79 Å². The van der Waals surface area contributed by atoms with Gasteiger partial charge in [-0.05, 0) is 35.9 Å². The highest BCUT2D eigenvalue weighted by molar-refractivity contribution is 6.31. The average molecular weight is 572 g/mol. The summed E-state index contributed by atoms with van der Waals surface area (Å²) in [6, 6.07) is 7.70. The predicted molar refractivity (Wildman–Crippen MR) is 130 cm³/mol. The highest BCUT2D eigenvalue weighted by atomic mass is 35.5. The van der Waals surface area contributed by atoms with Crippen LogP contribution in [0.15, 0.2) is 55.0 Å². The molecule has 0 unspecified atom stereocenters. The maximum Gasteiger partial charge on any atom is 0.417 e. The Balaban J connectivity index is 1.58. The number of benzene rings is 2. The van der Waals surface area contributed by atoms with Crippen molar-refractivity contribution in [2.75, 3.05) is 22.9 Å². The fourth-order valence-corrected chi connectivity index (χ4v) is 3.83. The van der Waals surface area contributed by atoms with Crippen LogP contribution in [0.5, 0.6) is 0 Å². The number of nitrogen functional groups attached to an aromatic ring is 1. The van der Waals surface area contributed by atoms with Crippen LogP contribution < -0.4 is 21.7 Å². The molecule has 0 atom stereocenters. The van der Waals surface area contributed by atoms with Crippen molar-refractivity contribution < 1.29 is 35.9 Å². The maximum atomic E-state index is 13.1. The van der Waals surface area contributed by atoms with Gasteiger partial charge in [-0.15, -0.1) is 0 Å². The number of nitrogens with one attached hydrogen (secondary N) is 3. The molecule has 0 aliphatic rings. The van der Waals surface area contributed by atoms with Crippen LogP contribution in [-0.2, 0) is 6.18 Å². The number of carbonyl (C=O) groups excluding carboxylic acids is 2. The molecule has 2 heterocycles. The van der Waals surface area contributed by atoms with E-state index in [9.17, 15) is 35.9 Å². The fraction of sp³-hybridized carbons (Fsp3) is 0.130. The molecule has 3 amide bonds. The van der Waals surface area contributed by atoms with Gasteiger partial charge in [-0.2, -0.15) is 31.4 Å². The number of halogens is 7. The second kappa shape index (κ2) is 10.3. The molecule has 2 aromatic carbocycles. The molecule has 4 rings (SSSR count). The number of fused-ring (bicyclic) bond motifs is 1. The van der Waals surface area contributed by atoms with Gasteiger partial charge < -0.3 is 21.7 Å². The summed E-state index contributed by atoms with van der Waals surface area (Å²) in [5, 5.41) is 9.91. The van der Waals surface area contributed by atoms with Gasteiger partial charge in [0.05, 0.1) is 16.1 Å². The van der Waals surface area contributed by atoms with Crippen LogP contribution in [0.2, 0.25) is 5.02 Å². The SMILES string of the molecule is Nc1ncnn2cc(C(=O)NCC(F)(F)F)c(-c3ccc(NC(=O)Nc4ccc(Cl)c(C(F)(F)F)c4)cc3)c12. The molecule has 0 radical (unpaired) electrons. The summed E-state index contributed by atoms with van der Waals surface area (Å²) in [7, 11) is 0. The summed E-state index contributed by atoms with van der Waals surface area (Å²) in [6.07, 6.45) is -7.05. The molecule has 2 aromatic heterocycles. The Morgan fingerprint density at radius 1 is 0.974 bits per heavy atom. The molecule has 5 N–H and O–H groups in total. The lowest BCUT2D eigenvalue weighted by Crippen LogP contribution is -2.33. The summed E-state index contributed by atoms with van der Waals surface area (Å²) < 4.78 is 78.3. The molecule has 204 valence electrons. The number of carbonyl (C=O) groups is 2. The van der Waals surface area contributed by atoms with Crippen LogP contribution in [0, 0.1) is 0 Å². The number of anilines is 3. The van der Waals surface area contributed by atoms with E-state index in [1.54, 1.807) is 5.32 Å². The first-order chi connectivity index (χ1) is 18.2. The molecule has 0 spiro atoms. The third-order valence-corrected chi connectivity index (χ3v) is 5.59. The first-order valence-corrected chi connectivity index (χ1v) is 11.1. The smallest absolute Gasteiger partial charge is 0.382 e. The van der Waals surface area contributed by atoms with Gasteiger partial charge in [0.2, 0.25) is 0 Å². The van der Waals surface area contributed by atoms with Crippen LogP contribution in [0.3, 0.4) is 0 Å². The zero-order chi connectivity index (χ0) is 28.5. The molecule has 0 fully saturated rings. The van der Waals surface area contributed by atoms with Crippen LogP contribution in [0.1, 0.15) is 15.9 Å². The largest absolute Gasteiger partial charge is 0.417 e. The van der Waals surface area contributed by atoms with E-state index < -0.39 is 41.4 Å². The number of nitrogens with two attached hydrogens (primary N) is 1. The lowest BCUT2D eigenvalue weighted by Gasteiger charge is -2.13. The van der Waals surface area contributed by atoms with E-state index in [4.69, 9.17) is 17.3 Å².